The van der Waals surface area contributed by atoms with E-state index in [1.807, 2.05) is 36.6 Å². The molecule has 0 saturated heterocycles. The minimum Gasteiger partial charge on any atom is -0.355 e. The van der Waals surface area contributed by atoms with Crippen LogP contribution in [0.15, 0.2) is 12.4 Å². The highest BCUT2D eigenvalue weighted by Gasteiger charge is 2.08. The average Bonchev–Trinajstić information content (AvgIpc) is 2.66. The van der Waals surface area contributed by atoms with Crippen LogP contribution in [0.2, 0.25) is 0 Å². The number of aryl methyl sites for hydroxylation is 1. The Morgan fingerprint density at radius 2 is 2.19 bits per heavy atom. The Morgan fingerprint density at radius 1 is 1.50 bits per heavy atom. The first kappa shape index (κ1) is 12.5. The average molecular weight is 224 g/mol. The van der Waals surface area contributed by atoms with Gasteiger partial charge in [0.25, 0.3) is 0 Å². The predicted molar refractivity (Wildman–Crippen MR) is 64.2 cm³/mol. The molecule has 5 nitrogen and oxygen atoms in total. The number of hydrogen-bond donors (Lipinski definition) is 1. The first-order valence-corrected chi connectivity index (χ1v) is 5.68. The topological polar surface area (TPSA) is 50.2 Å². The van der Waals surface area contributed by atoms with Crippen molar-refractivity contribution in [2.24, 2.45) is 7.05 Å². The van der Waals surface area contributed by atoms with E-state index in [0.29, 0.717) is 13.0 Å². The third-order valence-corrected chi connectivity index (χ3v) is 2.56. The molecule has 1 rings (SSSR count). The van der Waals surface area contributed by atoms with Crippen LogP contribution in [0.25, 0.3) is 0 Å². The summed E-state index contributed by atoms with van der Waals surface area (Å²) >= 11 is 0. The second-order valence-corrected chi connectivity index (χ2v) is 3.60. The van der Waals surface area contributed by atoms with E-state index in [-0.39, 0.29) is 5.91 Å². The molecule has 0 aromatic carbocycles. The monoisotopic (exact) mass is 224 g/mol. The molecule has 1 amide bonds. The Kier molecular flexibility index (Phi) is 4.82. The van der Waals surface area contributed by atoms with E-state index in [1.165, 1.54) is 0 Å². The molecule has 5 heteroatoms. The number of nitrogens with one attached hydrogen (secondary N) is 1. The summed E-state index contributed by atoms with van der Waals surface area (Å²) in [7, 11) is 1.92. The highest BCUT2D eigenvalue weighted by atomic mass is 16.2. The van der Waals surface area contributed by atoms with Gasteiger partial charge in [-0.3, -0.25) is 4.79 Å². The molecule has 0 atom stereocenters. The van der Waals surface area contributed by atoms with E-state index >= 15 is 0 Å². The van der Waals surface area contributed by atoms with Crippen LogP contribution in [0.1, 0.15) is 20.3 Å². The third-order valence-electron chi connectivity index (χ3n) is 2.56. The van der Waals surface area contributed by atoms with Gasteiger partial charge in [-0.1, -0.05) is 0 Å². The van der Waals surface area contributed by atoms with Crippen molar-refractivity contribution in [1.29, 1.82) is 0 Å². The zero-order chi connectivity index (χ0) is 12.0. The quantitative estimate of drug-likeness (QED) is 0.787. The van der Waals surface area contributed by atoms with Crippen molar-refractivity contribution in [1.82, 2.24) is 14.5 Å². The molecule has 0 spiro atoms. The zero-order valence-corrected chi connectivity index (χ0v) is 10.2. The van der Waals surface area contributed by atoms with Crippen LogP contribution in [-0.2, 0) is 11.8 Å². The summed E-state index contributed by atoms with van der Waals surface area (Å²) in [6.45, 7) is 6.16. The van der Waals surface area contributed by atoms with Crippen LogP contribution in [0.4, 0.5) is 5.95 Å². The summed E-state index contributed by atoms with van der Waals surface area (Å²) in [5, 5.41) is 3.13. The summed E-state index contributed by atoms with van der Waals surface area (Å²) < 4.78 is 1.89. The van der Waals surface area contributed by atoms with Gasteiger partial charge in [-0.05, 0) is 13.8 Å². The van der Waals surface area contributed by atoms with E-state index in [4.69, 9.17) is 0 Å². The first-order chi connectivity index (χ1) is 7.69. The van der Waals surface area contributed by atoms with Crippen molar-refractivity contribution in [2.75, 3.05) is 25.0 Å². The van der Waals surface area contributed by atoms with E-state index in [0.717, 1.165) is 19.0 Å². The van der Waals surface area contributed by atoms with Crippen LogP contribution in [-0.4, -0.2) is 40.0 Å². The van der Waals surface area contributed by atoms with E-state index < -0.39 is 0 Å². The van der Waals surface area contributed by atoms with E-state index in [1.54, 1.807) is 6.20 Å². The molecule has 0 radical (unpaired) electrons. The number of rotatable bonds is 6. The van der Waals surface area contributed by atoms with Crippen molar-refractivity contribution in [3.63, 3.8) is 0 Å². The number of amides is 1. The van der Waals surface area contributed by atoms with Gasteiger partial charge in [0, 0.05) is 45.5 Å². The van der Waals surface area contributed by atoms with Crippen LogP contribution in [0, 0.1) is 0 Å². The van der Waals surface area contributed by atoms with Gasteiger partial charge < -0.3 is 14.8 Å². The molecule has 0 bridgehead atoms. The highest BCUT2D eigenvalue weighted by molar-refractivity contribution is 5.76. The second kappa shape index (κ2) is 6.15. The Morgan fingerprint density at radius 3 is 2.69 bits per heavy atom. The fourth-order valence-corrected chi connectivity index (χ4v) is 1.55. The van der Waals surface area contributed by atoms with Crippen molar-refractivity contribution in [3.8, 4) is 0 Å². The van der Waals surface area contributed by atoms with Gasteiger partial charge in [-0.2, -0.15) is 0 Å². The molecule has 90 valence electrons. The molecule has 1 heterocycles. The molecule has 0 aliphatic rings. The molecule has 16 heavy (non-hydrogen) atoms. The van der Waals surface area contributed by atoms with Crippen LogP contribution < -0.4 is 5.32 Å². The number of anilines is 1. The third kappa shape index (κ3) is 3.25. The lowest BCUT2D eigenvalue weighted by atomic mass is 10.3. The minimum absolute atomic E-state index is 0.187. The summed E-state index contributed by atoms with van der Waals surface area (Å²) in [6, 6.07) is 0. The van der Waals surface area contributed by atoms with E-state index in [2.05, 4.69) is 10.3 Å². The summed E-state index contributed by atoms with van der Waals surface area (Å²) in [4.78, 5) is 17.6. The number of aromatic nitrogens is 2. The lowest BCUT2D eigenvalue weighted by Crippen LogP contribution is -2.31. The van der Waals surface area contributed by atoms with Gasteiger partial charge in [0.2, 0.25) is 11.9 Å². The Balaban J connectivity index is 2.30. The SMILES string of the molecule is CCN(CC)C(=O)CCNc1nccn1C. The second-order valence-electron chi connectivity index (χ2n) is 3.60. The lowest BCUT2D eigenvalue weighted by Gasteiger charge is -2.18. The Labute approximate surface area is 96.5 Å². The number of nitrogens with zero attached hydrogens (tertiary/aromatic N) is 3. The molecular weight excluding hydrogens is 204 g/mol. The maximum atomic E-state index is 11.7. The van der Waals surface area contributed by atoms with E-state index in [9.17, 15) is 4.79 Å². The van der Waals surface area contributed by atoms with Gasteiger partial charge in [0.15, 0.2) is 0 Å². The van der Waals surface area contributed by atoms with Crippen molar-refractivity contribution in [2.45, 2.75) is 20.3 Å². The highest BCUT2D eigenvalue weighted by Crippen LogP contribution is 2.01. The summed E-state index contributed by atoms with van der Waals surface area (Å²) in [5.41, 5.74) is 0. The summed E-state index contributed by atoms with van der Waals surface area (Å²) in [6.07, 6.45) is 4.11. The van der Waals surface area contributed by atoms with Crippen molar-refractivity contribution >= 4 is 11.9 Å². The van der Waals surface area contributed by atoms with Crippen LogP contribution in [0.5, 0.6) is 0 Å². The molecule has 1 aromatic rings. The maximum absolute atomic E-state index is 11.7. The lowest BCUT2D eigenvalue weighted by molar-refractivity contribution is -0.130. The van der Waals surface area contributed by atoms with Gasteiger partial charge in [0.1, 0.15) is 0 Å². The standard InChI is InChI=1S/C11H20N4O/c1-4-15(5-2)10(16)6-7-12-11-13-8-9-14(11)3/h8-9H,4-7H2,1-3H3,(H,12,13). The van der Waals surface area contributed by atoms with Gasteiger partial charge >= 0.3 is 0 Å². The number of imidazole rings is 1. The van der Waals surface area contributed by atoms with Crippen LogP contribution >= 0.6 is 0 Å². The van der Waals surface area contributed by atoms with Gasteiger partial charge in [0.05, 0.1) is 0 Å². The van der Waals surface area contributed by atoms with Crippen LogP contribution in [0.3, 0.4) is 0 Å². The molecule has 0 aliphatic heterocycles. The molecule has 0 saturated carbocycles. The van der Waals surface area contributed by atoms with Gasteiger partial charge in [-0.25, -0.2) is 4.98 Å². The fourth-order valence-electron chi connectivity index (χ4n) is 1.55. The number of carbonyl (C=O) groups excluding carboxylic acids is 1. The van der Waals surface area contributed by atoms with Gasteiger partial charge in [-0.15, -0.1) is 0 Å². The fraction of sp³-hybridized carbons (Fsp3) is 0.636. The normalized spacial score (nSPS) is 10.2. The summed E-state index contributed by atoms with van der Waals surface area (Å²) in [5.74, 6) is 0.985. The predicted octanol–water partition coefficient (Wildman–Crippen LogP) is 1.09. The minimum atomic E-state index is 0.187. The Bertz CT molecular complexity index is 330. The molecular formula is C11H20N4O. The molecule has 0 aliphatic carbocycles. The Hall–Kier alpha value is -1.52. The molecule has 0 unspecified atom stereocenters. The smallest absolute Gasteiger partial charge is 0.224 e. The molecule has 1 aromatic heterocycles. The molecule has 1 N–H and O–H groups in total. The number of carbonyl (C=O) groups is 1. The van der Waals surface area contributed by atoms with Crippen molar-refractivity contribution < 1.29 is 4.79 Å². The zero-order valence-electron chi connectivity index (χ0n) is 10.2. The maximum Gasteiger partial charge on any atom is 0.224 e. The first-order valence-electron chi connectivity index (χ1n) is 5.68. The largest absolute Gasteiger partial charge is 0.355 e. The van der Waals surface area contributed by atoms with Crippen molar-refractivity contribution in [3.05, 3.63) is 12.4 Å². The molecule has 0 fully saturated rings. The number of hydrogen-bond acceptors (Lipinski definition) is 3.